The average molecular weight is 1330 g/mol. The van der Waals surface area contributed by atoms with Crippen molar-refractivity contribution in [3.63, 3.8) is 0 Å². The molecule has 2 atom stereocenters. The molecule has 10 heteroatoms. The quantitative estimate of drug-likeness (QED) is 0.0195. The average Bonchev–Trinajstić information content (AvgIpc) is 1.68. The number of esters is 2. The summed E-state index contributed by atoms with van der Waals surface area (Å²) in [4.78, 5) is 38.2. The highest BCUT2D eigenvalue weighted by atomic mass is 31.2. The first kappa shape index (κ1) is 90.7. The topological polar surface area (TPSA) is 111 Å². The van der Waals surface area contributed by atoms with E-state index in [1.165, 1.54) is 231 Å². The highest BCUT2D eigenvalue weighted by molar-refractivity contribution is 7.45. The van der Waals surface area contributed by atoms with Crippen molar-refractivity contribution in [2.45, 2.75) is 367 Å². The molecule has 0 bridgehead atoms. The lowest BCUT2D eigenvalue weighted by Crippen LogP contribution is -2.37. The second-order valence-corrected chi connectivity index (χ2v) is 29.1. The fourth-order valence-electron chi connectivity index (χ4n) is 11.3. The summed E-state index contributed by atoms with van der Waals surface area (Å²) >= 11 is 0. The summed E-state index contributed by atoms with van der Waals surface area (Å²) in [6.07, 6.45) is 105. The van der Waals surface area contributed by atoms with Crippen LogP contribution in [0.5, 0.6) is 0 Å². The van der Waals surface area contributed by atoms with E-state index in [1.54, 1.807) is 0 Å². The van der Waals surface area contributed by atoms with E-state index < -0.39 is 26.5 Å². The molecule has 0 aromatic carbocycles. The van der Waals surface area contributed by atoms with E-state index in [2.05, 4.69) is 123 Å². The molecule has 0 rings (SSSR count). The predicted molar refractivity (Wildman–Crippen MR) is 406 cm³/mol. The molecule has 0 heterocycles. The van der Waals surface area contributed by atoms with Crippen molar-refractivity contribution < 1.29 is 42.1 Å². The van der Waals surface area contributed by atoms with E-state index in [-0.39, 0.29) is 32.0 Å². The number of carbonyl (C=O) groups is 2. The van der Waals surface area contributed by atoms with Crippen LogP contribution < -0.4 is 4.89 Å². The standard InChI is InChI=1S/C84H150NO8P/c1-6-8-10-12-14-16-18-20-22-24-26-28-30-32-34-36-38-40-42-44-46-48-50-52-54-56-58-60-62-64-66-68-70-72-74-76-83(86)90-80-82(81-92-94(88,89)91-79-78-85(3,4)5)93-84(87)77-75-73-71-69-67-65-63-61-59-57-55-53-51-49-47-45-43-41-39-37-35-33-31-29-27-25-23-21-19-17-15-13-11-9-7-2/h9,11,15,17,21,23-24,26-27,29,33,35,39,41,45,47,51,53,82H,6-8,10,12-14,16,18-20,22,25,28,30-32,34,36-38,40,42-44,46,48-50,52,54-81H2,1-5H3/b11-9-,17-15-,23-21-,26-24-,29-27-,35-33-,41-39-,47-45-,53-51-. The lowest BCUT2D eigenvalue weighted by molar-refractivity contribution is -0.870. The largest absolute Gasteiger partial charge is 0.756 e. The van der Waals surface area contributed by atoms with Gasteiger partial charge in [0.2, 0.25) is 0 Å². The molecule has 2 unspecified atom stereocenters. The van der Waals surface area contributed by atoms with Gasteiger partial charge in [-0.05, 0) is 103 Å². The van der Waals surface area contributed by atoms with Gasteiger partial charge >= 0.3 is 11.9 Å². The number of quaternary nitrogens is 1. The smallest absolute Gasteiger partial charge is 0.306 e. The minimum absolute atomic E-state index is 0.0344. The molecule has 0 aromatic heterocycles. The van der Waals surface area contributed by atoms with Gasteiger partial charge in [-0.2, -0.15) is 0 Å². The SMILES string of the molecule is CC/C=C\C/C=C\C/C=C\C/C=C\C/C=C\C/C=C\C/C=C\C/C=C\CCCCCCCCCCCCC(=O)OC(COC(=O)CCCCCCCCCCCCCCCCCCCCCCCCC/C=C\CCCCCCCCCC)COP(=O)([O-])OCC[N+](C)(C)C. The molecule has 0 amide bonds. The van der Waals surface area contributed by atoms with Crippen molar-refractivity contribution in [1.29, 1.82) is 0 Å². The van der Waals surface area contributed by atoms with E-state index in [0.717, 1.165) is 96.3 Å². The molecule has 0 saturated carbocycles. The number of nitrogens with zero attached hydrogens (tertiary/aromatic N) is 1. The summed E-state index contributed by atoms with van der Waals surface area (Å²) in [5.74, 6) is -0.828. The fourth-order valence-corrected chi connectivity index (χ4v) is 12.0. The van der Waals surface area contributed by atoms with Crippen LogP contribution in [0.3, 0.4) is 0 Å². The number of allylic oxidation sites excluding steroid dienone is 18. The van der Waals surface area contributed by atoms with Crippen molar-refractivity contribution >= 4 is 19.8 Å². The van der Waals surface area contributed by atoms with Crippen LogP contribution in [0.25, 0.3) is 0 Å². The molecule has 0 aliphatic rings. The van der Waals surface area contributed by atoms with Crippen LogP contribution in [-0.4, -0.2) is 70.0 Å². The predicted octanol–water partition coefficient (Wildman–Crippen LogP) is 25.8. The molecular weight excluding hydrogens is 1180 g/mol. The summed E-state index contributed by atoms with van der Waals surface area (Å²) < 4.78 is 34.4. The molecule has 0 aromatic rings. The monoisotopic (exact) mass is 1330 g/mol. The highest BCUT2D eigenvalue weighted by Gasteiger charge is 2.22. The molecule has 0 N–H and O–H groups in total. The second kappa shape index (κ2) is 73.9. The highest BCUT2D eigenvalue weighted by Crippen LogP contribution is 2.38. The maximum absolute atomic E-state index is 12.9. The van der Waals surface area contributed by atoms with Gasteiger partial charge in [0.05, 0.1) is 27.7 Å². The van der Waals surface area contributed by atoms with E-state index in [0.29, 0.717) is 17.4 Å². The second-order valence-electron chi connectivity index (χ2n) is 27.7. The van der Waals surface area contributed by atoms with Gasteiger partial charge < -0.3 is 27.9 Å². The Morgan fingerprint density at radius 1 is 0.340 bits per heavy atom. The van der Waals surface area contributed by atoms with E-state index >= 15 is 0 Å². The van der Waals surface area contributed by atoms with Crippen LogP contribution in [0.1, 0.15) is 361 Å². The number of phosphoric acid groups is 1. The van der Waals surface area contributed by atoms with Gasteiger partial charge in [0.1, 0.15) is 19.8 Å². The van der Waals surface area contributed by atoms with Crippen molar-refractivity contribution in [2.24, 2.45) is 0 Å². The number of hydrogen-bond acceptors (Lipinski definition) is 8. The number of carbonyl (C=O) groups excluding carboxylic acids is 2. The third kappa shape index (κ3) is 77.7. The molecule has 9 nitrogen and oxygen atoms in total. The molecule has 94 heavy (non-hydrogen) atoms. The number of unbranched alkanes of at least 4 members (excludes halogenated alkanes) is 41. The summed E-state index contributed by atoms with van der Waals surface area (Å²) in [5, 5.41) is 0. The van der Waals surface area contributed by atoms with Gasteiger partial charge in [-0.1, -0.05) is 354 Å². The van der Waals surface area contributed by atoms with Gasteiger partial charge in [-0.15, -0.1) is 0 Å². The zero-order chi connectivity index (χ0) is 68.3. The van der Waals surface area contributed by atoms with Crippen molar-refractivity contribution in [1.82, 2.24) is 0 Å². The number of phosphoric ester groups is 1. The molecule has 0 radical (unpaired) electrons. The normalized spacial score (nSPS) is 13.6. The molecular formula is C84H150NO8P. The van der Waals surface area contributed by atoms with Crippen LogP contribution in [0.15, 0.2) is 109 Å². The Bertz CT molecular complexity index is 1960. The Labute approximate surface area is 582 Å². The third-order valence-corrected chi connectivity index (χ3v) is 18.2. The van der Waals surface area contributed by atoms with E-state index in [1.807, 2.05) is 21.1 Å². The number of hydrogen-bond donors (Lipinski definition) is 0. The Hall–Kier alpha value is -3.33. The summed E-state index contributed by atoms with van der Waals surface area (Å²) in [6.45, 7) is 4.16. The Kier molecular flexibility index (Phi) is 71.3. The summed E-state index contributed by atoms with van der Waals surface area (Å²) in [6, 6.07) is 0. The van der Waals surface area contributed by atoms with Crippen LogP contribution >= 0.6 is 7.82 Å². The van der Waals surface area contributed by atoms with E-state index in [9.17, 15) is 19.0 Å². The Morgan fingerprint density at radius 3 is 0.915 bits per heavy atom. The van der Waals surface area contributed by atoms with Crippen LogP contribution in [0.4, 0.5) is 0 Å². The van der Waals surface area contributed by atoms with E-state index in [4.69, 9.17) is 18.5 Å². The number of likely N-dealkylation sites (N-methyl/N-ethyl adjacent to an activating group) is 1. The molecule has 0 aliphatic carbocycles. The third-order valence-electron chi connectivity index (χ3n) is 17.3. The summed E-state index contributed by atoms with van der Waals surface area (Å²) in [7, 11) is 1.17. The first-order valence-electron chi connectivity index (χ1n) is 39.6. The van der Waals surface area contributed by atoms with Crippen molar-refractivity contribution in [2.75, 3.05) is 47.5 Å². The maximum Gasteiger partial charge on any atom is 0.306 e. The fraction of sp³-hybridized carbons (Fsp3) is 0.762. The maximum atomic E-state index is 12.9. The Balaban J connectivity index is 3.99. The molecule has 0 saturated heterocycles. The van der Waals surface area contributed by atoms with Crippen LogP contribution in [0, 0.1) is 0 Å². The van der Waals surface area contributed by atoms with Gasteiger partial charge in [0, 0.05) is 12.8 Å². The van der Waals surface area contributed by atoms with Crippen LogP contribution in [-0.2, 0) is 32.7 Å². The van der Waals surface area contributed by atoms with Crippen molar-refractivity contribution in [3.05, 3.63) is 109 Å². The van der Waals surface area contributed by atoms with Gasteiger partial charge in [0.25, 0.3) is 7.82 Å². The number of rotatable bonds is 73. The molecule has 0 aliphatic heterocycles. The first-order chi connectivity index (χ1) is 46.0. The zero-order valence-electron chi connectivity index (χ0n) is 62.1. The lowest BCUT2D eigenvalue weighted by Gasteiger charge is -2.28. The first-order valence-corrected chi connectivity index (χ1v) is 41.1. The van der Waals surface area contributed by atoms with Gasteiger partial charge in [-0.3, -0.25) is 14.2 Å². The van der Waals surface area contributed by atoms with Crippen LogP contribution in [0.2, 0.25) is 0 Å². The van der Waals surface area contributed by atoms with Crippen molar-refractivity contribution in [3.8, 4) is 0 Å². The summed E-state index contributed by atoms with van der Waals surface area (Å²) in [5.41, 5.74) is 0. The van der Waals surface area contributed by atoms with Gasteiger partial charge in [-0.25, -0.2) is 0 Å². The molecule has 0 fully saturated rings. The van der Waals surface area contributed by atoms with Gasteiger partial charge in [0.15, 0.2) is 6.10 Å². The minimum atomic E-state index is -4.65. The zero-order valence-corrected chi connectivity index (χ0v) is 63.0. The number of ether oxygens (including phenoxy) is 2. The Morgan fingerprint density at radius 2 is 0.606 bits per heavy atom. The minimum Gasteiger partial charge on any atom is -0.756 e. The molecule has 0 spiro atoms. The lowest BCUT2D eigenvalue weighted by atomic mass is 10.0. The molecule has 544 valence electrons.